The first-order chi connectivity index (χ1) is 15.3. The van der Waals surface area contributed by atoms with Crippen molar-refractivity contribution in [1.82, 2.24) is 9.13 Å². The van der Waals surface area contributed by atoms with Crippen molar-refractivity contribution in [3.8, 4) is 0 Å². The fourth-order valence-electron chi connectivity index (χ4n) is 3.81. The second-order valence-electron chi connectivity index (χ2n) is 8.32. The second-order valence-corrected chi connectivity index (χ2v) is 8.96. The molecule has 31 heavy (non-hydrogen) atoms. The van der Waals surface area contributed by atoms with Crippen LogP contribution in [0.25, 0.3) is 0 Å². The van der Waals surface area contributed by atoms with Crippen molar-refractivity contribution in [2.75, 3.05) is 5.33 Å². The lowest BCUT2D eigenvalue weighted by Crippen LogP contribution is -2.32. The molecule has 0 bridgehead atoms. The van der Waals surface area contributed by atoms with Crippen LogP contribution < -0.4 is 9.13 Å². The molecule has 1 aromatic carbocycles. The van der Waals surface area contributed by atoms with E-state index in [4.69, 9.17) is 0 Å². The van der Waals surface area contributed by atoms with E-state index in [2.05, 4.69) is 115 Å². The average molecular weight is 486 g/mol. The lowest BCUT2D eigenvalue weighted by molar-refractivity contribution is -0.688. The number of halogens is 1. The molecule has 4 nitrogen and oxygen atoms in total. The molecule has 0 radical (unpaired) electrons. The monoisotopic (exact) mass is 484 g/mol. The standard InChI is InChI=1S/C26H37BrN4/c1-2-3-4-5-6-8-15-28-17-19-30(23-28)21-25-10-12-26(13-11-25)22-31-20-18-29(24-31)16-9-7-14-27/h7,9-13,17-20,23-24H,2-6,8,14-16,21-22H2,1H3/q+2/b9-7+. The molecule has 3 aromatic rings. The van der Waals surface area contributed by atoms with Crippen molar-refractivity contribution >= 4 is 15.9 Å². The Hall–Kier alpha value is -2.14. The van der Waals surface area contributed by atoms with Crippen LogP contribution in [0.5, 0.6) is 0 Å². The van der Waals surface area contributed by atoms with Gasteiger partial charge in [0.2, 0.25) is 12.7 Å². The Morgan fingerprint density at radius 3 is 2.00 bits per heavy atom. The normalized spacial score (nSPS) is 11.5. The molecule has 0 aliphatic rings. The molecule has 0 fully saturated rings. The molecule has 3 rings (SSSR count). The Kier molecular flexibility index (Phi) is 10.1. The van der Waals surface area contributed by atoms with Gasteiger partial charge in [-0.1, -0.05) is 78.9 Å². The molecule has 5 heteroatoms. The summed E-state index contributed by atoms with van der Waals surface area (Å²) in [5.74, 6) is 0. The van der Waals surface area contributed by atoms with Crippen LogP contribution in [0.2, 0.25) is 0 Å². The largest absolute Gasteiger partial charge is 0.244 e. The lowest BCUT2D eigenvalue weighted by atomic mass is 10.1. The van der Waals surface area contributed by atoms with Crippen LogP contribution in [0.15, 0.2) is 73.9 Å². The van der Waals surface area contributed by atoms with Gasteiger partial charge in [-0.2, -0.15) is 0 Å². The van der Waals surface area contributed by atoms with Gasteiger partial charge < -0.3 is 0 Å². The molecule has 0 spiro atoms. The van der Waals surface area contributed by atoms with E-state index >= 15 is 0 Å². The summed E-state index contributed by atoms with van der Waals surface area (Å²) < 4.78 is 9.03. The molecule has 2 aromatic heterocycles. The van der Waals surface area contributed by atoms with Crippen molar-refractivity contribution in [3.63, 3.8) is 0 Å². The Balaban J connectivity index is 1.43. The summed E-state index contributed by atoms with van der Waals surface area (Å²) in [5.41, 5.74) is 2.67. The SMILES string of the molecule is CCCCCCCCn1cc[n+](Cc2ccc(C[n+]3ccn(C/C=C/CBr)c3)cc2)c1. The van der Waals surface area contributed by atoms with Crippen LogP contribution in [0, 0.1) is 0 Å². The predicted molar refractivity (Wildman–Crippen MR) is 130 cm³/mol. The van der Waals surface area contributed by atoms with Crippen molar-refractivity contribution in [2.45, 2.75) is 71.6 Å². The Morgan fingerprint density at radius 2 is 1.35 bits per heavy atom. The zero-order chi connectivity index (χ0) is 21.7. The van der Waals surface area contributed by atoms with E-state index in [1.54, 1.807) is 0 Å². The maximum atomic E-state index is 3.42. The third-order valence-corrected chi connectivity index (χ3v) is 5.96. The van der Waals surface area contributed by atoms with Gasteiger partial charge in [-0.15, -0.1) is 0 Å². The highest BCUT2D eigenvalue weighted by molar-refractivity contribution is 9.09. The fourth-order valence-corrected chi connectivity index (χ4v) is 4.07. The first-order valence-electron chi connectivity index (χ1n) is 11.6. The topological polar surface area (TPSA) is 17.6 Å². The number of aromatic nitrogens is 4. The summed E-state index contributed by atoms with van der Waals surface area (Å²) in [4.78, 5) is 0. The summed E-state index contributed by atoms with van der Waals surface area (Å²) in [6.45, 7) is 6.13. The highest BCUT2D eigenvalue weighted by Gasteiger charge is 2.07. The number of benzene rings is 1. The number of unbranched alkanes of at least 4 members (excludes halogenated alkanes) is 5. The molecule has 2 heterocycles. The summed E-state index contributed by atoms with van der Waals surface area (Å²) in [5, 5.41) is 0.906. The van der Waals surface area contributed by atoms with Gasteiger partial charge in [0.05, 0.1) is 6.54 Å². The average Bonchev–Trinajstić information content (AvgIpc) is 3.42. The molecule has 0 saturated carbocycles. The van der Waals surface area contributed by atoms with Crippen LogP contribution in [0.3, 0.4) is 0 Å². The third-order valence-electron chi connectivity index (χ3n) is 5.59. The Labute approximate surface area is 196 Å². The van der Waals surface area contributed by atoms with Gasteiger partial charge in [-0.3, -0.25) is 0 Å². The van der Waals surface area contributed by atoms with Crippen LogP contribution in [0.4, 0.5) is 0 Å². The molecule has 0 unspecified atom stereocenters. The minimum absolute atomic E-state index is 0.900. The number of rotatable bonds is 14. The van der Waals surface area contributed by atoms with Gasteiger partial charge in [0, 0.05) is 5.33 Å². The molecular weight excluding hydrogens is 448 g/mol. The third kappa shape index (κ3) is 8.48. The van der Waals surface area contributed by atoms with Crippen LogP contribution in [-0.4, -0.2) is 14.5 Å². The summed E-state index contributed by atoms with van der Waals surface area (Å²) in [6.07, 6.45) is 25.4. The van der Waals surface area contributed by atoms with E-state index in [0.717, 1.165) is 31.5 Å². The van der Waals surface area contributed by atoms with Gasteiger partial charge >= 0.3 is 0 Å². The van der Waals surface area contributed by atoms with Gasteiger partial charge in [0.1, 0.15) is 44.4 Å². The Bertz CT molecular complexity index is 908. The lowest BCUT2D eigenvalue weighted by Gasteiger charge is -2.02. The number of hydrogen-bond donors (Lipinski definition) is 0. The van der Waals surface area contributed by atoms with Crippen molar-refractivity contribution in [3.05, 3.63) is 85.0 Å². The van der Waals surface area contributed by atoms with Gasteiger partial charge in [0.15, 0.2) is 0 Å². The van der Waals surface area contributed by atoms with E-state index in [-0.39, 0.29) is 0 Å². The number of nitrogens with zero attached hydrogens (tertiary/aromatic N) is 4. The maximum absolute atomic E-state index is 3.42. The number of imidazole rings is 2. The van der Waals surface area contributed by atoms with Crippen molar-refractivity contribution in [2.24, 2.45) is 0 Å². The van der Waals surface area contributed by atoms with Crippen LogP contribution in [0.1, 0.15) is 56.6 Å². The van der Waals surface area contributed by atoms with E-state index in [0.29, 0.717) is 0 Å². The second kappa shape index (κ2) is 13.3. The molecule has 0 atom stereocenters. The highest BCUT2D eigenvalue weighted by Crippen LogP contribution is 2.07. The number of aryl methyl sites for hydroxylation is 1. The number of allylic oxidation sites excluding steroid dienone is 2. The first kappa shape index (κ1) is 23.5. The van der Waals surface area contributed by atoms with E-state index in [9.17, 15) is 0 Å². The molecule has 0 aliphatic heterocycles. The number of hydrogen-bond acceptors (Lipinski definition) is 0. The zero-order valence-corrected chi connectivity index (χ0v) is 20.5. The van der Waals surface area contributed by atoms with Crippen molar-refractivity contribution in [1.29, 1.82) is 0 Å². The van der Waals surface area contributed by atoms with Crippen molar-refractivity contribution < 1.29 is 9.13 Å². The Morgan fingerprint density at radius 1 is 0.774 bits per heavy atom. The molecule has 0 amide bonds. The van der Waals surface area contributed by atoms with Gasteiger partial charge in [-0.25, -0.2) is 18.3 Å². The van der Waals surface area contributed by atoms with E-state index in [1.165, 1.54) is 49.7 Å². The van der Waals surface area contributed by atoms with Gasteiger partial charge in [0.25, 0.3) is 0 Å². The van der Waals surface area contributed by atoms with E-state index in [1.807, 2.05) is 0 Å². The molecule has 0 saturated heterocycles. The summed E-state index contributed by atoms with van der Waals surface area (Å²) in [7, 11) is 0. The first-order valence-corrected chi connectivity index (χ1v) is 12.8. The summed E-state index contributed by atoms with van der Waals surface area (Å²) >= 11 is 3.42. The summed E-state index contributed by atoms with van der Waals surface area (Å²) in [6, 6.07) is 9.00. The predicted octanol–water partition coefficient (Wildman–Crippen LogP) is 5.27. The molecule has 0 aliphatic carbocycles. The van der Waals surface area contributed by atoms with Gasteiger partial charge in [-0.05, 0) is 30.0 Å². The smallest absolute Gasteiger partial charge is 0.237 e. The zero-order valence-electron chi connectivity index (χ0n) is 18.9. The molecule has 166 valence electrons. The quantitative estimate of drug-likeness (QED) is 0.128. The van der Waals surface area contributed by atoms with Crippen LogP contribution in [-0.2, 0) is 26.2 Å². The molecular formula is C26H37BrN4+2. The van der Waals surface area contributed by atoms with Crippen LogP contribution >= 0.6 is 15.9 Å². The minimum Gasteiger partial charge on any atom is -0.237 e. The minimum atomic E-state index is 0.900. The highest BCUT2D eigenvalue weighted by atomic mass is 79.9. The maximum Gasteiger partial charge on any atom is 0.244 e. The molecule has 0 N–H and O–H groups in total. The number of alkyl halides is 1. The fraction of sp³-hybridized carbons (Fsp3) is 0.462. The van der Waals surface area contributed by atoms with E-state index < -0.39 is 0 Å².